The van der Waals surface area contributed by atoms with E-state index in [1.54, 1.807) is 34.7 Å². The molecule has 0 radical (unpaired) electrons. The lowest BCUT2D eigenvalue weighted by molar-refractivity contribution is 0.813. The van der Waals surface area contributed by atoms with E-state index in [1.165, 1.54) is 4.57 Å². The van der Waals surface area contributed by atoms with E-state index < -0.39 is 0 Å². The predicted octanol–water partition coefficient (Wildman–Crippen LogP) is 0.979. The van der Waals surface area contributed by atoms with Crippen LogP contribution in [0.25, 0.3) is 0 Å². The first-order chi connectivity index (χ1) is 6.37. The van der Waals surface area contributed by atoms with E-state index in [0.717, 1.165) is 5.69 Å². The van der Waals surface area contributed by atoms with Crippen LogP contribution in [0.1, 0.15) is 22.4 Å². The van der Waals surface area contributed by atoms with Gasteiger partial charge in [-0.3, -0.25) is 9.59 Å². The summed E-state index contributed by atoms with van der Waals surface area (Å²) in [7, 11) is 1.69. The fraction of sp³-hybridized carbons (Fsp3) is 0.455. The SMILES string of the molecule is Cc1c(C)c(=O)n(C)c(C)c(C)c1=O. The molecule has 0 aliphatic rings. The summed E-state index contributed by atoms with van der Waals surface area (Å²) in [5, 5.41) is 0. The smallest absolute Gasteiger partial charge is 0.253 e. The highest BCUT2D eigenvalue weighted by molar-refractivity contribution is 5.28. The standard InChI is InChI=1S/C11H15NO2/c1-6-7(2)11(14)12(5)9(4)8(3)10(6)13/h1-5H3. The average molecular weight is 193 g/mol. The molecule has 0 saturated heterocycles. The van der Waals surface area contributed by atoms with Crippen molar-refractivity contribution in [1.82, 2.24) is 4.57 Å². The minimum absolute atomic E-state index is 0.0299. The van der Waals surface area contributed by atoms with Crippen molar-refractivity contribution >= 4 is 0 Å². The van der Waals surface area contributed by atoms with Gasteiger partial charge in [0.25, 0.3) is 5.56 Å². The van der Waals surface area contributed by atoms with Crippen LogP contribution < -0.4 is 11.0 Å². The first kappa shape index (κ1) is 10.7. The highest BCUT2D eigenvalue weighted by atomic mass is 16.1. The summed E-state index contributed by atoms with van der Waals surface area (Å²) in [5.74, 6) is 0. The van der Waals surface area contributed by atoms with Crippen LogP contribution >= 0.6 is 0 Å². The molecule has 0 amide bonds. The summed E-state index contributed by atoms with van der Waals surface area (Å²) in [4.78, 5) is 23.5. The van der Waals surface area contributed by atoms with E-state index in [0.29, 0.717) is 16.7 Å². The quantitative estimate of drug-likeness (QED) is 0.616. The maximum absolute atomic E-state index is 11.8. The molecule has 3 heteroatoms. The molecule has 1 heterocycles. The van der Waals surface area contributed by atoms with Crippen molar-refractivity contribution in [3.63, 3.8) is 0 Å². The molecule has 1 rings (SSSR count). The largest absolute Gasteiger partial charge is 0.315 e. The predicted molar refractivity (Wildman–Crippen MR) is 56.9 cm³/mol. The van der Waals surface area contributed by atoms with Gasteiger partial charge in [0, 0.05) is 29.4 Å². The maximum Gasteiger partial charge on any atom is 0.253 e. The minimum atomic E-state index is -0.0924. The molecule has 0 aliphatic heterocycles. The lowest BCUT2D eigenvalue weighted by Gasteiger charge is -1.99. The molecular formula is C11H15NO2. The molecule has 0 atom stereocenters. The fourth-order valence-electron chi connectivity index (χ4n) is 1.43. The lowest BCUT2D eigenvalue weighted by atomic mass is 10.1. The van der Waals surface area contributed by atoms with Gasteiger partial charge in [0.15, 0.2) is 5.43 Å². The second-order valence-electron chi connectivity index (χ2n) is 3.65. The van der Waals surface area contributed by atoms with Gasteiger partial charge in [0.2, 0.25) is 0 Å². The van der Waals surface area contributed by atoms with Crippen LogP contribution in [-0.2, 0) is 7.05 Å². The van der Waals surface area contributed by atoms with Gasteiger partial charge < -0.3 is 4.57 Å². The topological polar surface area (TPSA) is 39.1 Å². The van der Waals surface area contributed by atoms with Crippen molar-refractivity contribution in [3.05, 3.63) is 43.0 Å². The Bertz CT molecular complexity index is 453. The van der Waals surface area contributed by atoms with Crippen molar-refractivity contribution in [3.8, 4) is 0 Å². The van der Waals surface area contributed by atoms with E-state index in [9.17, 15) is 9.59 Å². The van der Waals surface area contributed by atoms with Crippen LogP contribution in [0, 0.1) is 27.7 Å². The number of aromatic nitrogens is 1. The second kappa shape index (κ2) is 3.40. The first-order valence-corrected chi connectivity index (χ1v) is 4.55. The highest BCUT2D eigenvalue weighted by Crippen LogP contribution is 2.00. The van der Waals surface area contributed by atoms with Crippen molar-refractivity contribution < 1.29 is 0 Å². The fourth-order valence-corrected chi connectivity index (χ4v) is 1.43. The number of nitrogens with zero attached hydrogens (tertiary/aromatic N) is 1. The van der Waals surface area contributed by atoms with Crippen LogP contribution in [0.2, 0.25) is 0 Å². The van der Waals surface area contributed by atoms with Crippen molar-refractivity contribution in [2.24, 2.45) is 7.05 Å². The monoisotopic (exact) mass is 193 g/mol. The Morgan fingerprint density at radius 2 is 1.36 bits per heavy atom. The van der Waals surface area contributed by atoms with E-state index in [-0.39, 0.29) is 11.0 Å². The molecule has 0 unspecified atom stereocenters. The molecule has 0 fully saturated rings. The van der Waals surface area contributed by atoms with Gasteiger partial charge in [-0.25, -0.2) is 0 Å². The minimum Gasteiger partial charge on any atom is -0.315 e. The van der Waals surface area contributed by atoms with E-state index in [4.69, 9.17) is 0 Å². The summed E-state index contributed by atoms with van der Waals surface area (Å²) in [6.45, 7) is 6.93. The van der Waals surface area contributed by atoms with Crippen LogP contribution in [0.3, 0.4) is 0 Å². The molecule has 76 valence electrons. The zero-order valence-corrected chi connectivity index (χ0v) is 9.26. The molecule has 0 aromatic carbocycles. The van der Waals surface area contributed by atoms with Gasteiger partial charge in [-0.15, -0.1) is 0 Å². The highest BCUT2D eigenvalue weighted by Gasteiger charge is 2.08. The molecule has 0 saturated carbocycles. The van der Waals surface area contributed by atoms with Gasteiger partial charge in [-0.05, 0) is 27.7 Å². The zero-order valence-electron chi connectivity index (χ0n) is 9.26. The molecule has 14 heavy (non-hydrogen) atoms. The van der Waals surface area contributed by atoms with Gasteiger partial charge in [-0.2, -0.15) is 0 Å². The third kappa shape index (κ3) is 1.39. The number of hydrogen-bond acceptors (Lipinski definition) is 2. The third-order valence-corrected chi connectivity index (χ3v) is 2.91. The summed E-state index contributed by atoms with van der Waals surface area (Å²) < 4.78 is 1.53. The van der Waals surface area contributed by atoms with Gasteiger partial charge in [-0.1, -0.05) is 0 Å². The summed E-state index contributed by atoms with van der Waals surface area (Å²) >= 11 is 0. The van der Waals surface area contributed by atoms with Gasteiger partial charge >= 0.3 is 0 Å². The third-order valence-electron chi connectivity index (χ3n) is 2.91. The lowest BCUT2D eigenvalue weighted by Crippen LogP contribution is -2.18. The molecule has 0 aliphatic carbocycles. The molecular weight excluding hydrogens is 178 g/mol. The Balaban J connectivity index is 4.07. The van der Waals surface area contributed by atoms with Crippen molar-refractivity contribution in [2.45, 2.75) is 27.7 Å². The Hall–Kier alpha value is -1.38. The van der Waals surface area contributed by atoms with E-state index in [2.05, 4.69) is 0 Å². The Morgan fingerprint density at radius 3 is 1.86 bits per heavy atom. The summed E-state index contributed by atoms with van der Waals surface area (Å²) in [6.07, 6.45) is 0. The normalized spacial score (nSPS) is 10.4. The maximum atomic E-state index is 11.8. The molecule has 0 spiro atoms. The van der Waals surface area contributed by atoms with Gasteiger partial charge in [0.1, 0.15) is 0 Å². The van der Waals surface area contributed by atoms with Crippen LogP contribution in [-0.4, -0.2) is 4.57 Å². The number of hydrogen-bond donors (Lipinski definition) is 0. The first-order valence-electron chi connectivity index (χ1n) is 4.55. The van der Waals surface area contributed by atoms with Crippen LogP contribution in [0.5, 0.6) is 0 Å². The Morgan fingerprint density at radius 1 is 0.857 bits per heavy atom. The molecule has 1 aromatic heterocycles. The van der Waals surface area contributed by atoms with Crippen LogP contribution in [0.4, 0.5) is 0 Å². The molecule has 0 bridgehead atoms. The summed E-state index contributed by atoms with van der Waals surface area (Å²) in [5.41, 5.74) is 2.35. The van der Waals surface area contributed by atoms with E-state index in [1.807, 2.05) is 0 Å². The Labute approximate surface area is 83.0 Å². The van der Waals surface area contributed by atoms with E-state index >= 15 is 0 Å². The number of rotatable bonds is 0. The van der Waals surface area contributed by atoms with Gasteiger partial charge in [0.05, 0.1) is 0 Å². The average Bonchev–Trinajstić information content (AvgIpc) is 2.23. The molecule has 3 nitrogen and oxygen atoms in total. The van der Waals surface area contributed by atoms with Crippen molar-refractivity contribution in [1.29, 1.82) is 0 Å². The second-order valence-corrected chi connectivity index (χ2v) is 3.65. The Kier molecular flexibility index (Phi) is 2.60. The summed E-state index contributed by atoms with van der Waals surface area (Å²) in [6, 6.07) is 0. The molecule has 0 N–H and O–H groups in total. The van der Waals surface area contributed by atoms with Crippen molar-refractivity contribution in [2.75, 3.05) is 0 Å². The zero-order chi connectivity index (χ0) is 11.0. The van der Waals surface area contributed by atoms with Crippen LogP contribution in [0.15, 0.2) is 9.59 Å². The molecule has 1 aromatic rings.